The molecule has 0 fully saturated rings. The predicted molar refractivity (Wildman–Crippen MR) is 77.7 cm³/mol. The first kappa shape index (κ1) is 14.1. The fourth-order valence-electron chi connectivity index (χ4n) is 1.69. The van der Waals surface area contributed by atoms with Gasteiger partial charge in [-0.05, 0) is 24.6 Å². The molecule has 1 aromatic carbocycles. The van der Waals surface area contributed by atoms with Crippen LogP contribution in [-0.4, -0.2) is 24.7 Å². The molecule has 1 heterocycles. The van der Waals surface area contributed by atoms with E-state index >= 15 is 0 Å². The van der Waals surface area contributed by atoms with Crippen molar-refractivity contribution in [2.24, 2.45) is 0 Å². The number of nitrogens with one attached hydrogen (secondary N) is 1. The molecular weight excluding hydrogens is 330 g/mol. The second-order valence-corrected chi connectivity index (χ2v) is 5.88. The number of amides is 1. The average molecular weight is 342 g/mol. The Balaban J connectivity index is 2.16. The summed E-state index contributed by atoms with van der Waals surface area (Å²) in [6, 6.07) is 7.09. The molecule has 0 atom stereocenters. The van der Waals surface area contributed by atoms with Crippen LogP contribution >= 0.6 is 27.7 Å². The minimum absolute atomic E-state index is 0.222. The maximum Gasteiger partial charge on any atom is 0.346 e. The molecule has 19 heavy (non-hydrogen) atoms. The number of halogens is 1. The molecule has 100 valence electrons. The highest BCUT2D eigenvalue weighted by Crippen LogP contribution is 2.30. The van der Waals surface area contributed by atoms with Gasteiger partial charge in [-0.25, -0.2) is 4.79 Å². The molecule has 0 saturated heterocycles. The maximum absolute atomic E-state index is 12.1. The number of ether oxygens (including phenoxy) is 1. The molecule has 0 unspecified atom stereocenters. The molecule has 4 nitrogen and oxygen atoms in total. The molecule has 1 aliphatic rings. The third-order valence-electron chi connectivity index (χ3n) is 2.59. The number of rotatable bonds is 3. The SMILES string of the molecule is COC(=O)C1=C(NC(=O)c2cccc(Br)c2)CCS1. The molecule has 0 bridgehead atoms. The zero-order valence-electron chi connectivity index (χ0n) is 10.2. The van der Waals surface area contributed by atoms with Crippen LogP contribution in [0.2, 0.25) is 0 Å². The van der Waals surface area contributed by atoms with E-state index in [-0.39, 0.29) is 5.91 Å². The third kappa shape index (κ3) is 3.39. The van der Waals surface area contributed by atoms with Crippen molar-refractivity contribution in [3.05, 3.63) is 44.9 Å². The summed E-state index contributed by atoms with van der Waals surface area (Å²) >= 11 is 4.72. The van der Waals surface area contributed by atoms with Gasteiger partial charge in [0.15, 0.2) is 0 Å². The van der Waals surface area contributed by atoms with E-state index in [1.807, 2.05) is 6.07 Å². The van der Waals surface area contributed by atoms with Crippen LogP contribution in [-0.2, 0) is 9.53 Å². The predicted octanol–water partition coefficient (Wildman–Crippen LogP) is 2.70. The minimum atomic E-state index is -0.396. The van der Waals surface area contributed by atoms with Crippen molar-refractivity contribution >= 4 is 39.6 Å². The quantitative estimate of drug-likeness (QED) is 0.859. The molecular formula is C13H12BrNO3S. The maximum atomic E-state index is 12.1. The number of hydrogen-bond acceptors (Lipinski definition) is 4. The summed E-state index contributed by atoms with van der Waals surface area (Å²) < 4.78 is 5.53. The summed E-state index contributed by atoms with van der Waals surface area (Å²) in [6.45, 7) is 0. The fourth-order valence-corrected chi connectivity index (χ4v) is 3.13. The number of carbonyl (C=O) groups excluding carboxylic acids is 2. The van der Waals surface area contributed by atoms with Gasteiger partial charge in [0, 0.05) is 21.5 Å². The van der Waals surface area contributed by atoms with E-state index in [2.05, 4.69) is 21.2 Å². The van der Waals surface area contributed by atoms with Gasteiger partial charge in [-0.1, -0.05) is 22.0 Å². The summed E-state index contributed by atoms with van der Waals surface area (Å²) in [7, 11) is 1.34. The number of methoxy groups -OCH3 is 1. The number of esters is 1. The monoisotopic (exact) mass is 341 g/mol. The Kier molecular flexibility index (Phi) is 4.66. The number of carbonyl (C=O) groups is 2. The highest BCUT2D eigenvalue weighted by molar-refractivity contribution is 9.10. The summed E-state index contributed by atoms with van der Waals surface area (Å²) in [5.41, 5.74) is 1.19. The Hall–Kier alpha value is -1.27. The molecule has 2 rings (SSSR count). The molecule has 1 amide bonds. The van der Waals surface area contributed by atoms with Crippen molar-refractivity contribution in [2.45, 2.75) is 6.42 Å². The van der Waals surface area contributed by atoms with Crippen LogP contribution in [0.1, 0.15) is 16.8 Å². The zero-order valence-corrected chi connectivity index (χ0v) is 12.6. The normalized spacial score (nSPS) is 14.4. The average Bonchev–Trinajstić information content (AvgIpc) is 2.86. The number of benzene rings is 1. The molecule has 0 aliphatic carbocycles. The Morgan fingerprint density at radius 1 is 1.42 bits per heavy atom. The van der Waals surface area contributed by atoms with Crippen LogP contribution in [0, 0.1) is 0 Å². The summed E-state index contributed by atoms with van der Waals surface area (Å²) in [6.07, 6.45) is 0.662. The summed E-state index contributed by atoms with van der Waals surface area (Å²) in [5.74, 6) is 0.158. The van der Waals surface area contributed by atoms with Gasteiger partial charge in [-0.2, -0.15) is 0 Å². The van der Waals surface area contributed by atoms with Gasteiger partial charge in [0.2, 0.25) is 0 Å². The van der Waals surface area contributed by atoms with Crippen LogP contribution in [0.5, 0.6) is 0 Å². The number of hydrogen-bond donors (Lipinski definition) is 1. The lowest BCUT2D eigenvalue weighted by atomic mass is 10.2. The first-order valence-electron chi connectivity index (χ1n) is 5.63. The van der Waals surface area contributed by atoms with Crippen molar-refractivity contribution in [1.82, 2.24) is 5.32 Å². The molecule has 0 radical (unpaired) electrons. The smallest absolute Gasteiger partial charge is 0.346 e. The molecule has 1 N–H and O–H groups in total. The van der Waals surface area contributed by atoms with Gasteiger partial charge in [-0.15, -0.1) is 11.8 Å². The lowest BCUT2D eigenvalue weighted by Crippen LogP contribution is -2.24. The van der Waals surface area contributed by atoms with Crippen molar-refractivity contribution in [3.63, 3.8) is 0 Å². The third-order valence-corrected chi connectivity index (χ3v) is 4.20. The van der Waals surface area contributed by atoms with Crippen LogP contribution in [0.25, 0.3) is 0 Å². The molecule has 0 spiro atoms. The van der Waals surface area contributed by atoms with Gasteiger partial charge >= 0.3 is 5.97 Å². The van der Waals surface area contributed by atoms with Crippen molar-refractivity contribution in [3.8, 4) is 0 Å². The molecule has 6 heteroatoms. The fraction of sp³-hybridized carbons (Fsp3) is 0.231. The Bertz CT molecular complexity index is 557. The molecule has 0 aromatic heterocycles. The molecule has 0 saturated carbocycles. The standard InChI is InChI=1S/C13H12BrNO3S/c1-18-13(17)11-10(5-6-19-11)15-12(16)8-3-2-4-9(14)7-8/h2-4,7H,5-6H2,1H3,(H,15,16). The van der Waals surface area contributed by atoms with Crippen LogP contribution in [0.3, 0.4) is 0 Å². The van der Waals surface area contributed by atoms with E-state index in [1.54, 1.807) is 18.2 Å². The lowest BCUT2D eigenvalue weighted by molar-refractivity contribution is -0.135. The van der Waals surface area contributed by atoms with Gasteiger partial charge in [-0.3, -0.25) is 4.79 Å². The Morgan fingerprint density at radius 3 is 2.89 bits per heavy atom. The lowest BCUT2D eigenvalue weighted by Gasteiger charge is -2.08. The van der Waals surface area contributed by atoms with Crippen LogP contribution in [0.15, 0.2) is 39.3 Å². The second kappa shape index (κ2) is 6.25. The first-order valence-corrected chi connectivity index (χ1v) is 7.41. The van der Waals surface area contributed by atoms with Crippen molar-refractivity contribution in [2.75, 3.05) is 12.9 Å². The van der Waals surface area contributed by atoms with Crippen LogP contribution < -0.4 is 5.32 Å². The van der Waals surface area contributed by atoms with Gasteiger partial charge in [0.25, 0.3) is 5.91 Å². The van der Waals surface area contributed by atoms with E-state index < -0.39 is 5.97 Å². The highest BCUT2D eigenvalue weighted by atomic mass is 79.9. The van der Waals surface area contributed by atoms with Crippen molar-refractivity contribution in [1.29, 1.82) is 0 Å². The van der Waals surface area contributed by atoms with E-state index in [0.29, 0.717) is 22.6 Å². The minimum Gasteiger partial charge on any atom is -0.465 e. The molecule has 1 aliphatic heterocycles. The Labute approximate surface area is 123 Å². The largest absolute Gasteiger partial charge is 0.465 e. The van der Waals surface area contributed by atoms with Gasteiger partial charge in [0.1, 0.15) is 4.91 Å². The zero-order chi connectivity index (χ0) is 13.8. The Morgan fingerprint density at radius 2 is 2.21 bits per heavy atom. The number of thioether (sulfide) groups is 1. The second-order valence-electron chi connectivity index (χ2n) is 3.86. The first-order chi connectivity index (χ1) is 9.11. The van der Waals surface area contributed by atoms with Gasteiger partial charge in [0.05, 0.1) is 7.11 Å². The summed E-state index contributed by atoms with van der Waals surface area (Å²) in [4.78, 5) is 24.1. The van der Waals surface area contributed by atoms with Crippen LogP contribution in [0.4, 0.5) is 0 Å². The van der Waals surface area contributed by atoms with E-state index in [0.717, 1.165) is 10.2 Å². The molecule has 1 aromatic rings. The topological polar surface area (TPSA) is 55.4 Å². The van der Waals surface area contributed by atoms with E-state index in [9.17, 15) is 9.59 Å². The van der Waals surface area contributed by atoms with Crippen molar-refractivity contribution < 1.29 is 14.3 Å². The van der Waals surface area contributed by atoms with E-state index in [1.165, 1.54) is 18.9 Å². The van der Waals surface area contributed by atoms with E-state index in [4.69, 9.17) is 4.74 Å². The number of allylic oxidation sites excluding steroid dienone is 1. The summed E-state index contributed by atoms with van der Waals surface area (Å²) in [5, 5.41) is 2.79. The van der Waals surface area contributed by atoms with Gasteiger partial charge < -0.3 is 10.1 Å². The highest BCUT2D eigenvalue weighted by Gasteiger charge is 2.24.